The van der Waals surface area contributed by atoms with Crippen molar-refractivity contribution in [1.29, 1.82) is 0 Å². The minimum Gasteiger partial charge on any atom is -0.0848 e. The first kappa shape index (κ1) is 7.96. The second-order valence-electron chi connectivity index (χ2n) is 3.34. The van der Waals surface area contributed by atoms with Crippen LogP contribution in [0, 0.1) is 6.58 Å². The molecule has 1 heteroatoms. The Morgan fingerprint density at radius 1 is 1.38 bits per heavy atom. The molecule has 0 fully saturated rings. The molecule has 47 valence electrons. The van der Waals surface area contributed by atoms with E-state index >= 15 is 0 Å². The molecular weight excluding hydrogens is 112 g/mol. The number of hydrogen-bond donors (Lipinski definition) is 0. The molecule has 0 nitrogen and oxygen atoms in total. The third-order valence-corrected chi connectivity index (χ3v) is 2.85. The minimum atomic E-state index is -0.789. The van der Waals surface area contributed by atoms with Crippen molar-refractivity contribution in [3.63, 3.8) is 0 Å². The summed E-state index contributed by atoms with van der Waals surface area (Å²) in [5, 5.41) is 0. The van der Waals surface area contributed by atoms with Gasteiger partial charge in [0.2, 0.25) is 0 Å². The first-order chi connectivity index (χ1) is 3.56. The van der Waals surface area contributed by atoms with Gasteiger partial charge < -0.3 is 0 Å². The highest BCUT2D eigenvalue weighted by molar-refractivity contribution is 6.76. The molecule has 0 aliphatic heterocycles. The zero-order chi connectivity index (χ0) is 6.62. The average molecular weight is 127 g/mol. The summed E-state index contributed by atoms with van der Waals surface area (Å²) in [5.41, 5.74) is 0. The SMILES string of the molecule is [CH]=CCC[Si](C)(C)C. The van der Waals surface area contributed by atoms with Gasteiger partial charge in [0.25, 0.3) is 0 Å². The Bertz CT molecular complexity index is 68.9. The van der Waals surface area contributed by atoms with Crippen molar-refractivity contribution in [2.75, 3.05) is 0 Å². The number of allylic oxidation sites excluding steroid dienone is 1. The largest absolute Gasteiger partial charge is 0.0848 e. The van der Waals surface area contributed by atoms with Crippen molar-refractivity contribution in [1.82, 2.24) is 0 Å². The van der Waals surface area contributed by atoms with Crippen molar-refractivity contribution in [3.05, 3.63) is 12.7 Å². The highest BCUT2D eigenvalue weighted by Crippen LogP contribution is 2.10. The van der Waals surface area contributed by atoms with Gasteiger partial charge >= 0.3 is 0 Å². The maximum Gasteiger partial charge on any atom is 0.0445 e. The second kappa shape index (κ2) is 3.08. The van der Waals surface area contributed by atoms with Crippen LogP contribution in [-0.2, 0) is 0 Å². The zero-order valence-corrected chi connectivity index (χ0v) is 7.07. The molecule has 0 amide bonds. The van der Waals surface area contributed by atoms with Crippen molar-refractivity contribution < 1.29 is 0 Å². The molecular formula is C7H15Si. The first-order valence-corrected chi connectivity index (χ1v) is 6.80. The van der Waals surface area contributed by atoms with Crippen molar-refractivity contribution in [2.24, 2.45) is 0 Å². The average Bonchev–Trinajstić information content (AvgIpc) is 1.59. The van der Waals surface area contributed by atoms with Gasteiger partial charge in [0.1, 0.15) is 0 Å². The van der Waals surface area contributed by atoms with E-state index in [-0.39, 0.29) is 0 Å². The van der Waals surface area contributed by atoms with E-state index in [9.17, 15) is 0 Å². The molecule has 0 aromatic rings. The van der Waals surface area contributed by atoms with Gasteiger partial charge in [-0.15, -0.1) is 0 Å². The number of rotatable bonds is 3. The molecule has 0 spiro atoms. The lowest BCUT2D eigenvalue weighted by atomic mass is 10.5. The van der Waals surface area contributed by atoms with Gasteiger partial charge in [-0.25, -0.2) is 0 Å². The Morgan fingerprint density at radius 2 is 1.88 bits per heavy atom. The molecule has 0 aliphatic carbocycles. The molecule has 8 heavy (non-hydrogen) atoms. The van der Waals surface area contributed by atoms with Crippen molar-refractivity contribution >= 4 is 8.07 Å². The van der Waals surface area contributed by atoms with Crippen LogP contribution in [0.4, 0.5) is 0 Å². The standard InChI is InChI=1S/C7H15Si/c1-5-6-7-8(2,3)4/h1,5H,6-7H2,2-4H3. The van der Waals surface area contributed by atoms with Crippen LogP contribution in [0.2, 0.25) is 25.7 Å². The Kier molecular flexibility index (Phi) is 3.06. The van der Waals surface area contributed by atoms with Crippen LogP contribution < -0.4 is 0 Å². The quantitative estimate of drug-likeness (QED) is 0.511. The fourth-order valence-electron chi connectivity index (χ4n) is 0.516. The third-order valence-electron chi connectivity index (χ3n) is 1.06. The van der Waals surface area contributed by atoms with E-state index in [1.807, 2.05) is 0 Å². The van der Waals surface area contributed by atoms with Gasteiger partial charge in [0.15, 0.2) is 0 Å². The Hall–Kier alpha value is -0.0431. The van der Waals surface area contributed by atoms with Gasteiger partial charge in [0, 0.05) is 8.07 Å². The Labute approximate surface area is 53.6 Å². The molecule has 0 aliphatic rings. The Morgan fingerprint density at radius 3 is 2.00 bits per heavy atom. The van der Waals surface area contributed by atoms with Gasteiger partial charge in [0.05, 0.1) is 0 Å². The molecule has 0 heterocycles. The highest BCUT2D eigenvalue weighted by atomic mass is 28.3. The predicted octanol–water partition coefficient (Wildman–Crippen LogP) is 2.70. The van der Waals surface area contributed by atoms with Crippen LogP contribution in [0.15, 0.2) is 6.08 Å². The summed E-state index contributed by atoms with van der Waals surface area (Å²) in [6, 6.07) is 1.32. The summed E-state index contributed by atoms with van der Waals surface area (Å²) in [6.45, 7) is 12.3. The van der Waals surface area contributed by atoms with Crippen LogP contribution in [0.1, 0.15) is 6.42 Å². The van der Waals surface area contributed by atoms with Crippen molar-refractivity contribution in [3.8, 4) is 0 Å². The van der Waals surface area contributed by atoms with Gasteiger partial charge in [-0.3, -0.25) is 0 Å². The lowest BCUT2D eigenvalue weighted by Crippen LogP contribution is -2.17. The molecule has 0 saturated heterocycles. The van der Waals surface area contributed by atoms with Crippen LogP contribution in [0.3, 0.4) is 0 Å². The molecule has 0 aromatic carbocycles. The summed E-state index contributed by atoms with van der Waals surface area (Å²) in [6.07, 6.45) is 2.86. The summed E-state index contributed by atoms with van der Waals surface area (Å²) in [7, 11) is -0.789. The van der Waals surface area contributed by atoms with Gasteiger partial charge in [-0.1, -0.05) is 38.3 Å². The highest BCUT2D eigenvalue weighted by Gasteiger charge is 2.09. The zero-order valence-electron chi connectivity index (χ0n) is 6.07. The van der Waals surface area contributed by atoms with E-state index in [0.717, 1.165) is 6.42 Å². The molecule has 0 unspecified atom stereocenters. The summed E-state index contributed by atoms with van der Waals surface area (Å²) < 4.78 is 0. The fourth-order valence-corrected chi connectivity index (χ4v) is 1.55. The lowest BCUT2D eigenvalue weighted by molar-refractivity contribution is 1.16. The lowest BCUT2D eigenvalue weighted by Gasteiger charge is -2.12. The topological polar surface area (TPSA) is 0 Å². The van der Waals surface area contributed by atoms with E-state index in [4.69, 9.17) is 6.58 Å². The van der Waals surface area contributed by atoms with E-state index in [2.05, 4.69) is 19.6 Å². The van der Waals surface area contributed by atoms with Crippen LogP contribution >= 0.6 is 0 Å². The Balaban J connectivity index is 3.24. The van der Waals surface area contributed by atoms with Crippen LogP contribution in [0.25, 0.3) is 0 Å². The second-order valence-corrected chi connectivity index (χ2v) is 8.96. The summed E-state index contributed by atoms with van der Waals surface area (Å²) >= 11 is 0. The van der Waals surface area contributed by atoms with E-state index in [1.54, 1.807) is 6.08 Å². The summed E-state index contributed by atoms with van der Waals surface area (Å²) in [5.74, 6) is 0. The maximum absolute atomic E-state index is 5.23. The van der Waals surface area contributed by atoms with E-state index < -0.39 is 8.07 Å². The monoisotopic (exact) mass is 127 g/mol. The molecule has 0 rings (SSSR count). The molecule has 0 N–H and O–H groups in total. The third kappa shape index (κ3) is 5.96. The van der Waals surface area contributed by atoms with E-state index in [1.165, 1.54) is 6.04 Å². The summed E-state index contributed by atoms with van der Waals surface area (Å²) in [4.78, 5) is 0. The van der Waals surface area contributed by atoms with Gasteiger partial charge in [-0.05, 0) is 6.42 Å². The molecule has 1 radical (unpaired) electrons. The minimum absolute atomic E-state index is 0.789. The first-order valence-electron chi connectivity index (χ1n) is 3.10. The van der Waals surface area contributed by atoms with Crippen LogP contribution in [-0.4, -0.2) is 8.07 Å². The molecule has 0 atom stereocenters. The smallest absolute Gasteiger partial charge is 0.0445 e. The molecule has 0 bridgehead atoms. The van der Waals surface area contributed by atoms with E-state index in [0.29, 0.717) is 0 Å². The van der Waals surface area contributed by atoms with Crippen molar-refractivity contribution in [2.45, 2.75) is 32.1 Å². The van der Waals surface area contributed by atoms with Gasteiger partial charge in [-0.2, -0.15) is 0 Å². The maximum atomic E-state index is 5.23. The fraction of sp³-hybridized carbons (Fsp3) is 0.714. The normalized spacial score (nSPS) is 11.4. The number of hydrogen-bond acceptors (Lipinski definition) is 0. The van der Waals surface area contributed by atoms with Crippen LogP contribution in [0.5, 0.6) is 0 Å². The predicted molar refractivity (Wildman–Crippen MR) is 41.6 cm³/mol. The molecule has 0 aromatic heterocycles. The molecule has 0 saturated carbocycles.